The first-order valence-electron chi connectivity index (χ1n) is 4.07. The molecule has 1 fully saturated rings. The van der Waals surface area contributed by atoms with Gasteiger partial charge in [0.15, 0.2) is 6.29 Å². The zero-order valence-electron chi connectivity index (χ0n) is 7.12. The second-order valence-corrected chi connectivity index (χ2v) is 3.01. The van der Waals surface area contributed by atoms with Crippen LogP contribution in [-0.4, -0.2) is 17.3 Å². The van der Waals surface area contributed by atoms with Gasteiger partial charge in [-0.1, -0.05) is 0 Å². The van der Waals surface area contributed by atoms with Crippen LogP contribution in [0.3, 0.4) is 0 Å². The Hall–Kier alpha value is -1.75. The predicted octanol–water partition coefficient (Wildman–Crippen LogP) is 1.23. The van der Waals surface area contributed by atoms with Crippen LogP contribution >= 0.6 is 0 Å². The second-order valence-electron chi connectivity index (χ2n) is 3.01. The van der Waals surface area contributed by atoms with Crippen molar-refractivity contribution >= 4 is 12.0 Å². The van der Waals surface area contributed by atoms with E-state index in [1.807, 2.05) is 0 Å². The van der Waals surface area contributed by atoms with Crippen molar-refractivity contribution in [3.63, 3.8) is 0 Å². The average Bonchev–Trinajstić information content (AvgIpc) is 2.97. The van der Waals surface area contributed by atoms with Crippen LogP contribution in [0.15, 0.2) is 24.3 Å². The van der Waals surface area contributed by atoms with Crippen LogP contribution in [0.2, 0.25) is 0 Å². The third-order valence-corrected chi connectivity index (χ3v) is 2.09. The fraction of sp³-hybridized carbons (Fsp3) is 0.222. The number of non-ortho nitro benzene ring substituents is 1. The molecule has 0 saturated carbocycles. The normalized spacial score (nSPS) is 24.3. The molecule has 2 rings (SSSR count). The van der Waals surface area contributed by atoms with Gasteiger partial charge in [-0.15, -0.1) is 0 Å². The van der Waals surface area contributed by atoms with E-state index in [0.717, 1.165) is 11.8 Å². The van der Waals surface area contributed by atoms with Gasteiger partial charge in [-0.05, 0) is 17.7 Å². The number of rotatable bonds is 3. The highest BCUT2D eigenvalue weighted by atomic mass is 16.6. The van der Waals surface area contributed by atoms with Gasteiger partial charge in [-0.25, -0.2) is 0 Å². The quantitative estimate of drug-likeness (QED) is 0.313. The van der Waals surface area contributed by atoms with Crippen molar-refractivity contribution in [2.75, 3.05) is 0 Å². The highest BCUT2D eigenvalue weighted by molar-refractivity contribution is 5.62. The summed E-state index contributed by atoms with van der Waals surface area (Å²) in [6.07, 6.45) is 0.135. The summed E-state index contributed by atoms with van der Waals surface area (Å²) in [5.74, 6) is 0. The van der Waals surface area contributed by atoms with Crippen molar-refractivity contribution in [2.45, 2.75) is 12.2 Å². The molecule has 0 radical (unpaired) electrons. The van der Waals surface area contributed by atoms with Crippen LogP contribution in [-0.2, 0) is 9.53 Å². The zero-order chi connectivity index (χ0) is 10.1. The molecule has 14 heavy (non-hydrogen) atoms. The molecule has 5 nitrogen and oxygen atoms in total. The second kappa shape index (κ2) is 3.19. The first-order valence-corrected chi connectivity index (χ1v) is 4.07. The molecule has 1 saturated heterocycles. The van der Waals surface area contributed by atoms with E-state index in [-0.39, 0.29) is 17.9 Å². The van der Waals surface area contributed by atoms with Crippen molar-refractivity contribution in [3.8, 4) is 0 Å². The fourth-order valence-corrected chi connectivity index (χ4v) is 1.28. The maximum Gasteiger partial charge on any atom is 0.269 e. The summed E-state index contributed by atoms with van der Waals surface area (Å²) in [7, 11) is 0. The molecule has 1 aromatic carbocycles. The molecule has 0 N–H and O–H groups in total. The van der Waals surface area contributed by atoms with Gasteiger partial charge in [0.05, 0.1) is 4.92 Å². The van der Waals surface area contributed by atoms with Crippen molar-refractivity contribution < 1.29 is 14.5 Å². The number of hydrogen-bond acceptors (Lipinski definition) is 4. The average molecular weight is 193 g/mol. The van der Waals surface area contributed by atoms with Gasteiger partial charge in [-0.3, -0.25) is 10.1 Å². The van der Waals surface area contributed by atoms with Crippen LogP contribution in [0.5, 0.6) is 0 Å². The molecule has 0 unspecified atom stereocenters. The third kappa shape index (κ3) is 1.49. The fourth-order valence-electron chi connectivity index (χ4n) is 1.28. The van der Waals surface area contributed by atoms with E-state index >= 15 is 0 Å². The van der Waals surface area contributed by atoms with Crippen LogP contribution in [0, 0.1) is 10.1 Å². The molecule has 2 atom stereocenters. The Kier molecular flexibility index (Phi) is 2.01. The summed E-state index contributed by atoms with van der Waals surface area (Å²) in [4.78, 5) is 20.2. The van der Waals surface area contributed by atoms with Crippen molar-refractivity contribution in [1.82, 2.24) is 0 Å². The van der Waals surface area contributed by atoms with E-state index in [1.165, 1.54) is 12.1 Å². The van der Waals surface area contributed by atoms with Crippen LogP contribution in [0.1, 0.15) is 11.7 Å². The molecule has 0 aromatic heterocycles. The molecule has 1 aliphatic heterocycles. The van der Waals surface area contributed by atoms with Crippen molar-refractivity contribution in [1.29, 1.82) is 0 Å². The minimum atomic E-state index is -0.464. The van der Waals surface area contributed by atoms with E-state index in [0.29, 0.717) is 0 Å². The highest BCUT2D eigenvalue weighted by Gasteiger charge is 2.39. The summed E-state index contributed by atoms with van der Waals surface area (Å²) in [6, 6.07) is 6.01. The molecule has 5 heteroatoms. The Balaban J connectivity index is 2.15. The summed E-state index contributed by atoms with van der Waals surface area (Å²) in [5.41, 5.74) is 0.838. The largest absolute Gasteiger partial charge is 0.357 e. The van der Waals surface area contributed by atoms with Crippen LogP contribution < -0.4 is 0 Å². The molecule has 1 aromatic rings. The Bertz CT molecular complexity index is 373. The molecule has 0 spiro atoms. The number of carbonyl (C=O) groups is 1. The zero-order valence-corrected chi connectivity index (χ0v) is 7.12. The number of ether oxygens (including phenoxy) is 1. The predicted molar refractivity (Wildman–Crippen MR) is 46.8 cm³/mol. The van der Waals surface area contributed by atoms with Crippen LogP contribution in [0.4, 0.5) is 5.69 Å². The van der Waals surface area contributed by atoms with Gasteiger partial charge in [-0.2, -0.15) is 0 Å². The lowest BCUT2D eigenvalue weighted by atomic mass is 10.1. The lowest BCUT2D eigenvalue weighted by Gasteiger charge is -1.94. The number of nitrogens with zero attached hydrogens (tertiary/aromatic N) is 1. The summed E-state index contributed by atoms with van der Waals surface area (Å²) in [6.45, 7) is 0. The Morgan fingerprint density at radius 2 is 2.00 bits per heavy atom. The standard InChI is InChI=1S/C9H7NO4/c11-5-8-9(14-8)6-1-3-7(4-2-6)10(12)13/h1-5,8-9H/t8-,9+/m1/s1. The lowest BCUT2D eigenvalue weighted by Crippen LogP contribution is -1.91. The maximum absolute atomic E-state index is 10.3. The van der Waals surface area contributed by atoms with Gasteiger partial charge in [0.2, 0.25) is 0 Å². The maximum atomic E-state index is 10.3. The highest BCUT2D eigenvalue weighted by Crippen LogP contribution is 2.37. The van der Waals surface area contributed by atoms with Crippen molar-refractivity contribution in [3.05, 3.63) is 39.9 Å². The number of nitro benzene ring substituents is 1. The van der Waals surface area contributed by atoms with E-state index in [2.05, 4.69) is 0 Å². The topological polar surface area (TPSA) is 72.7 Å². The van der Waals surface area contributed by atoms with E-state index < -0.39 is 4.92 Å². The molecule has 1 aliphatic rings. The van der Waals surface area contributed by atoms with E-state index in [9.17, 15) is 14.9 Å². The van der Waals surface area contributed by atoms with Gasteiger partial charge in [0.1, 0.15) is 12.2 Å². The summed E-state index contributed by atoms with van der Waals surface area (Å²) in [5, 5.41) is 10.3. The molecule has 1 heterocycles. The van der Waals surface area contributed by atoms with Gasteiger partial charge in [0, 0.05) is 12.1 Å². The van der Waals surface area contributed by atoms with E-state index in [4.69, 9.17) is 4.74 Å². The number of benzene rings is 1. The number of carbonyl (C=O) groups excluding carboxylic acids is 1. The Labute approximate surface area is 79.4 Å². The third-order valence-electron chi connectivity index (χ3n) is 2.09. The monoisotopic (exact) mass is 193 g/mol. The molecular weight excluding hydrogens is 186 g/mol. The Morgan fingerprint density at radius 3 is 2.43 bits per heavy atom. The first kappa shape index (κ1) is 8.83. The minimum Gasteiger partial charge on any atom is -0.357 e. The number of aldehydes is 1. The molecule has 0 amide bonds. The first-order chi connectivity index (χ1) is 6.72. The lowest BCUT2D eigenvalue weighted by molar-refractivity contribution is -0.384. The van der Waals surface area contributed by atoms with Gasteiger partial charge < -0.3 is 9.53 Å². The Morgan fingerprint density at radius 1 is 1.36 bits per heavy atom. The molecule has 72 valence electrons. The SMILES string of the molecule is O=C[C@H]1O[C@H]1c1ccc([N+](=O)[O-])cc1. The number of nitro groups is 1. The summed E-state index contributed by atoms with van der Waals surface area (Å²) >= 11 is 0. The van der Waals surface area contributed by atoms with Crippen LogP contribution in [0.25, 0.3) is 0 Å². The molecular formula is C9H7NO4. The van der Waals surface area contributed by atoms with Crippen molar-refractivity contribution in [2.24, 2.45) is 0 Å². The minimum absolute atomic E-state index is 0.0389. The summed E-state index contributed by atoms with van der Waals surface area (Å²) < 4.78 is 5.01. The molecule has 0 bridgehead atoms. The molecule has 0 aliphatic carbocycles. The van der Waals surface area contributed by atoms with Gasteiger partial charge in [0.25, 0.3) is 5.69 Å². The van der Waals surface area contributed by atoms with Gasteiger partial charge >= 0.3 is 0 Å². The smallest absolute Gasteiger partial charge is 0.269 e. The number of epoxide rings is 1. The number of hydrogen-bond donors (Lipinski definition) is 0. The van der Waals surface area contributed by atoms with E-state index in [1.54, 1.807) is 12.1 Å².